The molecule has 0 spiro atoms. The first-order valence-corrected chi connectivity index (χ1v) is 7.71. The van der Waals surface area contributed by atoms with Crippen LogP contribution in [0.15, 0.2) is 0 Å². The average molecular weight is 253 g/mol. The summed E-state index contributed by atoms with van der Waals surface area (Å²) in [6.07, 6.45) is 9.21. The minimum Gasteiger partial charge on any atom is -0.461 e. The second-order valence-corrected chi connectivity index (χ2v) is 5.83. The number of carbonyl (C=O) groups is 1. The number of rotatable bonds is 7. The van der Waals surface area contributed by atoms with Crippen LogP contribution in [-0.4, -0.2) is 36.6 Å². The molecular weight excluding hydrogens is 226 g/mol. The van der Waals surface area contributed by atoms with Crippen molar-refractivity contribution >= 4 is 5.97 Å². The second kappa shape index (κ2) is 7.13. The zero-order chi connectivity index (χ0) is 12.8. The predicted octanol–water partition coefficient (Wildman–Crippen LogP) is 2.98. The fraction of sp³-hybridized carbons (Fsp3) is 0.933. The van der Waals surface area contributed by atoms with Crippen molar-refractivity contribution in [3.8, 4) is 0 Å². The van der Waals surface area contributed by atoms with E-state index in [1.54, 1.807) is 0 Å². The Morgan fingerprint density at radius 2 is 1.89 bits per heavy atom. The van der Waals surface area contributed by atoms with Gasteiger partial charge in [-0.25, -0.2) is 0 Å². The minimum atomic E-state index is 0.0326. The number of nitrogens with zero attached hydrogens (tertiary/aromatic N) is 1. The lowest BCUT2D eigenvalue weighted by molar-refractivity contribution is -0.158. The lowest BCUT2D eigenvalue weighted by Gasteiger charge is -2.43. The molecule has 0 aromatic rings. The largest absolute Gasteiger partial charge is 0.461 e. The molecule has 0 aromatic heterocycles. The lowest BCUT2D eigenvalue weighted by atomic mass is 9.86. The van der Waals surface area contributed by atoms with Gasteiger partial charge in [-0.15, -0.1) is 0 Å². The van der Waals surface area contributed by atoms with Gasteiger partial charge in [-0.1, -0.05) is 32.6 Å². The number of fused-ring (bicyclic) bond motifs is 3. The Kier molecular flexibility index (Phi) is 5.48. The molecule has 0 N–H and O–H groups in total. The van der Waals surface area contributed by atoms with Crippen molar-refractivity contribution in [3.05, 3.63) is 0 Å². The number of piperidine rings is 3. The summed E-state index contributed by atoms with van der Waals surface area (Å²) in [7, 11) is 0. The first kappa shape index (κ1) is 13.9. The molecule has 0 unspecified atom stereocenters. The highest BCUT2D eigenvalue weighted by atomic mass is 16.5. The summed E-state index contributed by atoms with van der Waals surface area (Å²) >= 11 is 0. The van der Waals surface area contributed by atoms with Gasteiger partial charge in [0.15, 0.2) is 0 Å². The summed E-state index contributed by atoms with van der Waals surface area (Å²) in [6, 6.07) is 0. The maximum Gasteiger partial charge on any atom is 0.306 e. The number of esters is 1. The molecule has 2 bridgehead atoms. The summed E-state index contributed by atoms with van der Waals surface area (Å²) < 4.78 is 5.65. The third-order valence-electron chi connectivity index (χ3n) is 4.36. The fourth-order valence-electron chi connectivity index (χ4n) is 3.14. The van der Waals surface area contributed by atoms with Crippen LogP contribution < -0.4 is 0 Å². The normalized spacial score (nSPS) is 30.4. The third-order valence-corrected chi connectivity index (χ3v) is 4.36. The number of hydrogen-bond acceptors (Lipinski definition) is 3. The van der Waals surface area contributed by atoms with Gasteiger partial charge in [0.2, 0.25) is 0 Å². The topological polar surface area (TPSA) is 29.5 Å². The van der Waals surface area contributed by atoms with Gasteiger partial charge in [-0.05, 0) is 38.3 Å². The lowest BCUT2D eigenvalue weighted by Crippen LogP contribution is -2.51. The molecule has 3 aliphatic rings. The molecule has 3 nitrogen and oxygen atoms in total. The summed E-state index contributed by atoms with van der Waals surface area (Å²) in [6.45, 7) is 5.60. The Morgan fingerprint density at radius 1 is 1.17 bits per heavy atom. The van der Waals surface area contributed by atoms with Crippen LogP contribution in [0.4, 0.5) is 0 Å². The van der Waals surface area contributed by atoms with Gasteiger partial charge in [0, 0.05) is 13.0 Å². The molecule has 0 aliphatic carbocycles. The molecule has 3 fully saturated rings. The van der Waals surface area contributed by atoms with E-state index in [4.69, 9.17) is 4.74 Å². The van der Waals surface area contributed by atoms with Gasteiger partial charge >= 0.3 is 5.97 Å². The van der Waals surface area contributed by atoms with Crippen molar-refractivity contribution in [3.63, 3.8) is 0 Å². The molecule has 3 rings (SSSR count). The van der Waals surface area contributed by atoms with E-state index in [1.807, 2.05) is 0 Å². The van der Waals surface area contributed by atoms with Gasteiger partial charge in [0.05, 0.1) is 0 Å². The van der Waals surface area contributed by atoms with Crippen LogP contribution in [0.5, 0.6) is 0 Å². The first-order valence-electron chi connectivity index (χ1n) is 7.71. The van der Waals surface area contributed by atoms with Gasteiger partial charge in [-0.2, -0.15) is 0 Å². The predicted molar refractivity (Wildman–Crippen MR) is 72.4 cm³/mol. The van der Waals surface area contributed by atoms with Crippen LogP contribution >= 0.6 is 0 Å². The molecule has 3 aliphatic heterocycles. The smallest absolute Gasteiger partial charge is 0.306 e. The Bertz CT molecular complexity index is 259. The highest BCUT2D eigenvalue weighted by molar-refractivity contribution is 5.69. The fourth-order valence-corrected chi connectivity index (χ4v) is 3.14. The Hall–Kier alpha value is -0.570. The summed E-state index contributed by atoms with van der Waals surface area (Å²) in [4.78, 5) is 14.2. The zero-order valence-electron chi connectivity index (χ0n) is 11.7. The third kappa shape index (κ3) is 3.98. The van der Waals surface area contributed by atoms with Crippen LogP contribution in [0.25, 0.3) is 0 Å². The van der Waals surface area contributed by atoms with Crippen LogP contribution in [0.3, 0.4) is 0 Å². The summed E-state index contributed by atoms with van der Waals surface area (Å²) in [5.74, 6) is 0.671. The number of hydrogen-bond donors (Lipinski definition) is 0. The van der Waals surface area contributed by atoms with E-state index in [0.29, 0.717) is 12.3 Å². The van der Waals surface area contributed by atoms with Crippen LogP contribution in [-0.2, 0) is 9.53 Å². The molecule has 0 aromatic carbocycles. The van der Waals surface area contributed by atoms with E-state index in [0.717, 1.165) is 13.0 Å². The van der Waals surface area contributed by atoms with Crippen molar-refractivity contribution in [1.82, 2.24) is 4.90 Å². The molecule has 0 radical (unpaired) electrons. The van der Waals surface area contributed by atoms with E-state index >= 15 is 0 Å². The SMILES string of the molecule is CCCCCCCC(=O)O[C@@H]1CN2CCC1CC2. The Labute approximate surface area is 111 Å². The first-order chi connectivity index (χ1) is 8.79. The number of ether oxygens (including phenoxy) is 1. The van der Waals surface area contributed by atoms with Gasteiger partial charge < -0.3 is 4.74 Å². The monoisotopic (exact) mass is 253 g/mol. The second-order valence-electron chi connectivity index (χ2n) is 5.83. The molecular formula is C15H27NO2. The van der Waals surface area contributed by atoms with Crippen molar-refractivity contribution < 1.29 is 9.53 Å². The molecule has 1 atom stereocenters. The molecule has 3 heteroatoms. The Balaban J connectivity index is 1.59. The van der Waals surface area contributed by atoms with E-state index in [2.05, 4.69) is 11.8 Å². The maximum atomic E-state index is 11.8. The van der Waals surface area contributed by atoms with Crippen LogP contribution in [0.1, 0.15) is 58.3 Å². The summed E-state index contributed by atoms with van der Waals surface area (Å²) in [5.41, 5.74) is 0. The zero-order valence-corrected chi connectivity index (χ0v) is 11.7. The van der Waals surface area contributed by atoms with E-state index in [9.17, 15) is 4.79 Å². The summed E-state index contributed by atoms with van der Waals surface area (Å²) in [5, 5.41) is 0. The van der Waals surface area contributed by atoms with Crippen molar-refractivity contribution in [1.29, 1.82) is 0 Å². The molecule has 3 saturated heterocycles. The Morgan fingerprint density at radius 3 is 2.50 bits per heavy atom. The van der Waals surface area contributed by atoms with Crippen LogP contribution in [0, 0.1) is 5.92 Å². The van der Waals surface area contributed by atoms with Crippen molar-refractivity contribution in [2.45, 2.75) is 64.4 Å². The van der Waals surface area contributed by atoms with E-state index in [-0.39, 0.29) is 12.1 Å². The van der Waals surface area contributed by atoms with E-state index < -0.39 is 0 Å². The molecule has 0 amide bonds. The van der Waals surface area contributed by atoms with Gasteiger partial charge in [-0.3, -0.25) is 9.69 Å². The van der Waals surface area contributed by atoms with E-state index in [1.165, 1.54) is 51.6 Å². The average Bonchev–Trinajstić information content (AvgIpc) is 2.40. The molecule has 104 valence electrons. The molecule has 3 heterocycles. The minimum absolute atomic E-state index is 0.0326. The molecule has 18 heavy (non-hydrogen) atoms. The number of unbranched alkanes of at least 4 members (excludes halogenated alkanes) is 4. The highest BCUT2D eigenvalue weighted by Crippen LogP contribution is 2.29. The van der Waals surface area contributed by atoms with Crippen LogP contribution in [0.2, 0.25) is 0 Å². The maximum absolute atomic E-state index is 11.8. The highest BCUT2D eigenvalue weighted by Gasteiger charge is 2.36. The quantitative estimate of drug-likeness (QED) is 0.516. The van der Waals surface area contributed by atoms with Gasteiger partial charge in [0.1, 0.15) is 6.10 Å². The van der Waals surface area contributed by atoms with Gasteiger partial charge in [0.25, 0.3) is 0 Å². The number of carbonyl (C=O) groups excluding carboxylic acids is 1. The standard InChI is InChI=1S/C15H27NO2/c1-2-3-4-5-6-7-15(17)18-14-12-16-10-8-13(14)9-11-16/h13-14H,2-12H2,1H3/t14-/m1/s1. The van der Waals surface area contributed by atoms with Crippen molar-refractivity contribution in [2.75, 3.05) is 19.6 Å². The molecule has 0 saturated carbocycles. The van der Waals surface area contributed by atoms with Crippen molar-refractivity contribution in [2.24, 2.45) is 5.92 Å².